The molecular formula is C23H28N6. The first-order valence-electron chi connectivity index (χ1n) is 10.5. The van der Waals surface area contributed by atoms with Gasteiger partial charge in [-0.15, -0.1) is 10.2 Å². The molecule has 0 aliphatic rings. The van der Waals surface area contributed by atoms with Crippen LogP contribution in [0.15, 0.2) is 42.5 Å². The van der Waals surface area contributed by atoms with Crippen molar-refractivity contribution >= 4 is 11.0 Å². The summed E-state index contributed by atoms with van der Waals surface area (Å²) in [6.45, 7) is 7.37. The smallest absolute Gasteiger partial charge is 0.204 e. The normalized spacial score (nSPS) is 11.6. The van der Waals surface area contributed by atoms with Gasteiger partial charge in [0.2, 0.25) is 5.82 Å². The summed E-state index contributed by atoms with van der Waals surface area (Å²) in [4.78, 5) is 9.96. The molecule has 4 rings (SSSR count). The topological polar surface area (TPSA) is 72.3 Å². The van der Waals surface area contributed by atoms with E-state index in [1.165, 1.54) is 31.2 Å². The summed E-state index contributed by atoms with van der Waals surface area (Å²) in [6, 6.07) is 14.3. The summed E-state index contributed by atoms with van der Waals surface area (Å²) in [5.41, 5.74) is 5.19. The molecule has 4 aromatic rings. The molecule has 2 aromatic carbocycles. The maximum atomic E-state index is 4.79. The van der Waals surface area contributed by atoms with Gasteiger partial charge in [-0.1, -0.05) is 57.0 Å². The molecule has 6 nitrogen and oxygen atoms in total. The Morgan fingerprint density at radius 3 is 2.52 bits per heavy atom. The lowest BCUT2D eigenvalue weighted by Crippen LogP contribution is -2.13. The van der Waals surface area contributed by atoms with E-state index in [0.717, 1.165) is 34.5 Å². The van der Waals surface area contributed by atoms with Gasteiger partial charge in [-0.3, -0.25) is 0 Å². The van der Waals surface area contributed by atoms with Crippen molar-refractivity contribution in [1.29, 1.82) is 0 Å². The van der Waals surface area contributed by atoms with Crippen LogP contribution >= 0.6 is 0 Å². The lowest BCUT2D eigenvalue weighted by molar-refractivity contribution is 0.338. The lowest BCUT2D eigenvalue weighted by Gasteiger charge is -2.13. The average molecular weight is 389 g/mol. The Bertz CT molecular complexity index is 1090. The number of benzene rings is 2. The van der Waals surface area contributed by atoms with E-state index < -0.39 is 0 Å². The predicted molar refractivity (Wildman–Crippen MR) is 116 cm³/mol. The molecule has 0 unspecified atom stereocenters. The third-order valence-corrected chi connectivity index (χ3v) is 5.38. The molecule has 0 saturated heterocycles. The Kier molecular flexibility index (Phi) is 5.69. The van der Waals surface area contributed by atoms with Gasteiger partial charge in [0.1, 0.15) is 5.82 Å². The minimum atomic E-state index is 0.608. The van der Waals surface area contributed by atoms with Crippen LogP contribution in [0.25, 0.3) is 33.8 Å². The molecule has 0 radical (unpaired) electrons. The van der Waals surface area contributed by atoms with Crippen LogP contribution in [-0.4, -0.2) is 30.2 Å². The number of tetrazole rings is 1. The second-order valence-electron chi connectivity index (χ2n) is 7.75. The quantitative estimate of drug-likeness (QED) is 0.438. The maximum Gasteiger partial charge on any atom is 0.204 e. The molecule has 0 aliphatic carbocycles. The van der Waals surface area contributed by atoms with Crippen molar-refractivity contribution in [2.75, 3.05) is 0 Å². The highest BCUT2D eigenvalue weighted by atomic mass is 15.6. The molecular weight excluding hydrogens is 360 g/mol. The van der Waals surface area contributed by atoms with Gasteiger partial charge >= 0.3 is 0 Å². The summed E-state index contributed by atoms with van der Waals surface area (Å²) in [7, 11) is 0. The zero-order chi connectivity index (χ0) is 20.2. The number of hydrogen-bond donors (Lipinski definition) is 1. The van der Waals surface area contributed by atoms with Crippen LogP contribution in [0.1, 0.15) is 45.1 Å². The Hall–Kier alpha value is -3.02. The minimum absolute atomic E-state index is 0.608. The number of hydrogen-bond acceptors (Lipinski definition) is 4. The Balaban J connectivity index is 1.59. The summed E-state index contributed by atoms with van der Waals surface area (Å²) >= 11 is 0. The van der Waals surface area contributed by atoms with Gasteiger partial charge in [0, 0.05) is 11.1 Å². The standard InChI is InChI=1S/C23H28N6/c1-4-8-17(9-5-2)15-29-27-23(26-28-29)19-12-7-11-18(14-19)22-24-20-13-6-10-16(3)21(20)25-22/h6-7,10-14,17H,4-5,8-9,15H2,1-3H3,(H,24,25). The predicted octanol–water partition coefficient (Wildman–Crippen LogP) is 5.41. The van der Waals surface area contributed by atoms with Gasteiger partial charge < -0.3 is 4.98 Å². The highest BCUT2D eigenvalue weighted by molar-refractivity contribution is 5.82. The number of fused-ring (bicyclic) bond motifs is 1. The first kappa shape index (κ1) is 19.3. The van der Waals surface area contributed by atoms with Crippen LogP contribution in [0.2, 0.25) is 0 Å². The molecule has 29 heavy (non-hydrogen) atoms. The molecule has 6 heteroatoms. The molecule has 0 fully saturated rings. The molecule has 0 amide bonds. The van der Waals surface area contributed by atoms with E-state index in [2.05, 4.69) is 65.4 Å². The number of H-pyrrole nitrogens is 1. The Labute approximate surface area is 171 Å². The fourth-order valence-electron chi connectivity index (χ4n) is 3.93. The fraction of sp³-hybridized carbons (Fsp3) is 0.391. The highest BCUT2D eigenvalue weighted by Gasteiger charge is 2.13. The van der Waals surface area contributed by atoms with Crippen molar-refractivity contribution < 1.29 is 0 Å². The van der Waals surface area contributed by atoms with E-state index >= 15 is 0 Å². The molecule has 2 aromatic heterocycles. The Morgan fingerprint density at radius 2 is 1.76 bits per heavy atom. The SMILES string of the molecule is CCCC(CCC)Cn1nnc(-c2cccc(-c3nc4c(C)cccc4[nH]3)c2)n1. The number of para-hydroxylation sites is 1. The summed E-state index contributed by atoms with van der Waals surface area (Å²) < 4.78 is 0. The van der Waals surface area contributed by atoms with Gasteiger partial charge in [0.25, 0.3) is 0 Å². The number of nitrogens with one attached hydrogen (secondary N) is 1. The van der Waals surface area contributed by atoms with Crippen molar-refractivity contribution in [2.24, 2.45) is 5.92 Å². The Morgan fingerprint density at radius 1 is 1.00 bits per heavy atom. The minimum Gasteiger partial charge on any atom is -0.338 e. The molecule has 2 heterocycles. The summed E-state index contributed by atoms with van der Waals surface area (Å²) in [5, 5.41) is 13.2. The van der Waals surface area contributed by atoms with E-state index in [9.17, 15) is 0 Å². The van der Waals surface area contributed by atoms with E-state index in [1.54, 1.807) is 4.80 Å². The van der Waals surface area contributed by atoms with Crippen molar-refractivity contribution in [3.63, 3.8) is 0 Å². The van der Waals surface area contributed by atoms with E-state index in [4.69, 9.17) is 4.98 Å². The number of nitrogens with zero attached hydrogens (tertiary/aromatic N) is 5. The number of aromatic nitrogens is 6. The fourth-order valence-corrected chi connectivity index (χ4v) is 3.93. The number of imidazole rings is 1. The molecule has 1 N–H and O–H groups in total. The largest absolute Gasteiger partial charge is 0.338 e. The van der Waals surface area contributed by atoms with Crippen LogP contribution in [0, 0.1) is 12.8 Å². The van der Waals surface area contributed by atoms with E-state index in [-0.39, 0.29) is 0 Å². The zero-order valence-corrected chi connectivity index (χ0v) is 17.4. The first-order valence-corrected chi connectivity index (χ1v) is 10.5. The second-order valence-corrected chi connectivity index (χ2v) is 7.75. The summed E-state index contributed by atoms with van der Waals surface area (Å²) in [5.74, 6) is 2.12. The first-order chi connectivity index (χ1) is 14.2. The second kappa shape index (κ2) is 8.55. The molecule has 0 bridgehead atoms. The number of rotatable bonds is 8. The van der Waals surface area contributed by atoms with Crippen LogP contribution in [0.4, 0.5) is 0 Å². The third kappa shape index (κ3) is 4.21. The maximum absolute atomic E-state index is 4.79. The number of aromatic amines is 1. The molecule has 0 spiro atoms. The number of aryl methyl sites for hydroxylation is 1. The molecule has 150 valence electrons. The van der Waals surface area contributed by atoms with E-state index in [0.29, 0.717) is 11.7 Å². The van der Waals surface area contributed by atoms with Crippen molar-refractivity contribution in [3.8, 4) is 22.8 Å². The van der Waals surface area contributed by atoms with Crippen LogP contribution in [0.5, 0.6) is 0 Å². The van der Waals surface area contributed by atoms with Crippen molar-refractivity contribution in [3.05, 3.63) is 48.0 Å². The zero-order valence-electron chi connectivity index (χ0n) is 17.4. The molecule has 0 aliphatic heterocycles. The van der Waals surface area contributed by atoms with Crippen molar-refractivity contribution in [1.82, 2.24) is 30.2 Å². The van der Waals surface area contributed by atoms with Gasteiger partial charge in [-0.05, 0) is 48.6 Å². The van der Waals surface area contributed by atoms with Crippen LogP contribution in [0.3, 0.4) is 0 Å². The van der Waals surface area contributed by atoms with Gasteiger partial charge in [0.05, 0.1) is 17.6 Å². The van der Waals surface area contributed by atoms with E-state index in [1.807, 2.05) is 18.2 Å². The van der Waals surface area contributed by atoms with Gasteiger partial charge in [-0.25, -0.2) is 4.98 Å². The third-order valence-electron chi connectivity index (χ3n) is 5.38. The monoisotopic (exact) mass is 388 g/mol. The highest BCUT2D eigenvalue weighted by Crippen LogP contribution is 2.26. The average Bonchev–Trinajstić information content (AvgIpc) is 3.36. The molecule has 0 saturated carbocycles. The summed E-state index contributed by atoms with van der Waals surface area (Å²) in [6.07, 6.45) is 4.77. The van der Waals surface area contributed by atoms with Crippen LogP contribution < -0.4 is 0 Å². The van der Waals surface area contributed by atoms with Gasteiger partial charge in [-0.2, -0.15) is 4.80 Å². The molecule has 0 atom stereocenters. The van der Waals surface area contributed by atoms with Crippen molar-refractivity contribution in [2.45, 2.75) is 53.0 Å². The van der Waals surface area contributed by atoms with Gasteiger partial charge in [0.15, 0.2) is 0 Å². The lowest BCUT2D eigenvalue weighted by atomic mass is 9.99. The van der Waals surface area contributed by atoms with Crippen LogP contribution in [-0.2, 0) is 6.54 Å².